The Morgan fingerprint density at radius 3 is 2.67 bits per heavy atom. The maximum absolute atomic E-state index is 8.97. The molecule has 0 fully saturated rings. The van der Waals surface area contributed by atoms with Crippen LogP contribution in [0, 0.1) is 0 Å². The van der Waals surface area contributed by atoms with Crippen LogP contribution in [0.5, 0.6) is 0 Å². The van der Waals surface area contributed by atoms with E-state index in [1.165, 1.54) is 4.90 Å². The van der Waals surface area contributed by atoms with E-state index in [2.05, 4.69) is 41.0 Å². The second kappa shape index (κ2) is 6.53. The fraction of sp³-hybridized carbons (Fsp3) is 0.455. The smallest absolute Gasteiger partial charge is 0.0682 e. The molecule has 0 unspecified atom stereocenters. The quantitative estimate of drug-likeness (QED) is 0.843. The molecule has 4 heteroatoms. The van der Waals surface area contributed by atoms with Gasteiger partial charge in [0.05, 0.1) is 6.61 Å². The van der Waals surface area contributed by atoms with Gasteiger partial charge in [0, 0.05) is 21.7 Å². The summed E-state index contributed by atoms with van der Waals surface area (Å²) in [6.07, 6.45) is 0. The van der Waals surface area contributed by atoms with E-state index < -0.39 is 0 Å². The Morgan fingerprint density at radius 1 is 1.40 bits per heavy atom. The lowest BCUT2D eigenvalue weighted by Crippen LogP contribution is -2.14. The fourth-order valence-corrected chi connectivity index (χ4v) is 2.90. The van der Waals surface area contributed by atoms with E-state index in [0.717, 1.165) is 22.3 Å². The molecule has 1 N–H and O–H groups in total. The van der Waals surface area contributed by atoms with Gasteiger partial charge in [0.2, 0.25) is 0 Å². The molecule has 0 spiro atoms. The Kier molecular flexibility index (Phi) is 5.68. The van der Waals surface area contributed by atoms with E-state index >= 15 is 0 Å². The van der Waals surface area contributed by atoms with Crippen LogP contribution in [0.2, 0.25) is 0 Å². The molecule has 84 valence electrons. The molecule has 0 aliphatic heterocycles. The van der Waals surface area contributed by atoms with E-state index in [1.54, 1.807) is 0 Å². The summed E-state index contributed by atoms with van der Waals surface area (Å²) in [5, 5.41) is 8.97. The molecule has 0 aromatic heterocycles. The first kappa shape index (κ1) is 13.0. The number of rotatable bonds is 5. The van der Waals surface area contributed by atoms with Gasteiger partial charge in [-0.25, -0.2) is 0 Å². The van der Waals surface area contributed by atoms with Crippen molar-refractivity contribution in [3.63, 3.8) is 0 Å². The van der Waals surface area contributed by atoms with Gasteiger partial charge in [-0.05, 0) is 47.7 Å². The lowest BCUT2D eigenvalue weighted by molar-refractivity contribution is 0.281. The normalized spacial score (nSPS) is 11.0. The van der Waals surface area contributed by atoms with Crippen LogP contribution in [0.4, 0.5) is 0 Å². The van der Waals surface area contributed by atoms with Crippen molar-refractivity contribution >= 4 is 27.7 Å². The molecule has 0 heterocycles. The fourth-order valence-electron chi connectivity index (χ4n) is 1.10. The van der Waals surface area contributed by atoms with Crippen molar-refractivity contribution in [3.05, 3.63) is 28.2 Å². The van der Waals surface area contributed by atoms with E-state index in [1.807, 2.05) is 23.9 Å². The van der Waals surface area contributed by atoms with E-state index in [4.69, 9.17) is 5.11 Å². The molecule has 0 saturated carbocycles. The highest BCUT2D eigenvalue weighted by molar-refractivity contribution is 9.10. The molecule has 15 heavy (non-hydrogen) atoms. The summed E-state index contributed by atoms with van der Waals surface area (Å²) in [6.45, 7) is 1.17. The third-order valence-corrected chi connectivity index (χ3v) is 3.95. The Morgan fingerprint density at radius 2 is 2.13 bits per heavy atom. The highest BCUT2D eigenvalue weighted by Crippen LogP contribution is 2.28. The van der Waals surface area contributed by atoms with Crippen LogP contribution in [-0.4, -0.2) is 36.4 Å². The summed E-state index contributed by atoms with van der Waals surface area (Å²) in [7, 11) is 4.15. The zero-order valence-corrected chi connectivity index (χ0v) is 11.4. The van der Waals surface area contributed by atoms with Gasteiger partial charge in [0.15, 0.2) is 0 Å². The van der Waals surface area contributed by atoms with Crippen molar-refractivity contribution in [2.45, 2.75) is 11.5 Å². The van der Waals surface area contributed by atoms with E-state index in [0.29, 0.717) is 0 Å². The van der Waals surface area contributed by atoms with Gasteiger partial charge in [0.1, 0.15) is 0 Å². The second-order valence-electron chi connectivity index (χ2n) is 3.57. The third-order valence-electron chi connectivity index (χ3n) is 1.97. The molecule has 1 aromatic rings. The first-order valence-electron chi connectivity index (χ1n) is 4.80. The number of thioether (sulfide) groups is 1. The minimum Gasteiger partial charge on any atom is -0.392 e. The lowest BCUT2D eigenvalue weighted by atomic mass is 10.2. The lowest BCUT2D eigenvalue weighted by Gasteiger charge is -2.10. The second-order valence-corrected chi connectivity index (χ2v) is 5.57. The van der Waals surface area contributed by atoms with Crippen molar-refractivity contribution in [2.24, 2.45) is 0 Å². The number of nitrogens with zero attached hydrogens (tertiary/aromatic N) is 1. The zero-order chi connectivity index (χ0) is 11.3. The van der Waals surface area contributed by atoms with Crippen LogP contribution in [0.25, 0.3) is 0 Å². The van der Waals surface area contributed by atoms with Crippen LogP contribution < -0.4 is 0 Å². The minimum absolute atomic E-state index is 0.0985. The molecule has 0 radical (unpaired) electrons. The third kappa shape index (κ3) is 4.55. The molecular formula is C11H16BrNOS. The Bertz CT molecular complexity index is 317. The standard InChI is InChI=1S/C11H16BrNOS/c1-13(2)5-6-15-11-4-3-9(8-14)7-10(11)12/h3-4,7,14H,5-6,8H2,1-2H3. The highest BCUT2D eigenvalue weighted by atomic mass is 79.9. The van der Waals surface area contributed by atoms with Gasteiger partial charge in [-0.3, -0.25) is 0 Å². The zero-order valence-electron chi connectivity index (χ0n) is 9.03. The summed E-state index contributed by atoms with van der Waals surface area (Å²) in [4.78, 5) is 3.40. The average Bonchev–Trinajstić information content (AvgIpc) is 2.20. The molecule has 0 aliphatic rings. The molecule has 0 bridgehead atoms. The molecule has 1 rings (SSSR count). The number of hydrogen-bond donors (Lipinski definition) is 1. The Hall–Kier alpha value is -0.0300. The first-order valence-corrected chi connectivity index (χ1v) is 6.58. The maximum Gasteiger partial charge on any atom is 0.0682 e. The molecular weight excluding hydrogens is 274 g/mol. The minimum atomic E-state index is 0.0985. The van der Waals surface area contributed by atoms with Crippen molar-refractivity contribution < 1.29 is 5.11 Å². The van der Waals surface area contributed by atoms with E-state index in [9.17, 15) is 0 Å². The van der Waals surface area contributed by atoms with Gasteiger partial charge in [-0.1, -0.05) is 6.07 Å². The Labute approximate surface area is 104 Å². The van der Waals surface area contributed by atoms with E-state index in [-0.39, 0.29) is 6.61 Å². The SMILES string of the molecule is CN(C)CCSc1ccc(CO)cc1Br. The highest BCUT2D eigenvalue weighted by Gasteiger charge is 2.02. The van der Waals surface area contributed by atoms with Crippen molar-refractivity contribution in [1.82, 2.24) is 4.90 Å². The average molecular weight is 290 g/mol. The number of aliphatic hydroxyl groups is 1. The molecule has 0 saturated heterocycles. The van der Waals surface area contributed by atoms with Crippen LogP contribution >= 0.6 is 27.7 Å². The summed E-state index contributed by atoms with van der Waals surface area (Å²) >= 11 is 5.33. The predicted octanol–water partition coefficient (Wildman–Crippen LogP) is 2.60. The predicted molar refractivity (Wildman–Crippen MR) is 69.3 cm³/mol. The van der Waals surface area contributed by atoms with Crippen LogP contribution in [0.1, 0.15) is 5.56 Å². The molecule has 2 nitrogen and oxygen atoms in total. The monoisotopic (exact) mass is 289 g/mol. The molecule has 0 amide bonds. The first-order chi connectivity index (χ1) is 7.13. The van der Waals surface area contributed by atoms with Gasteiger partial charge in [0.25, 0.3) is 0 Å². The Balaban J connectivity index is 2.54. The van der Waals surface area contributed by atoms with Gasteiger partial charge in [-0.15, -0.1) is 11.8 Å². The summed E-state index contributed by atoms with van der Waals surface area (Å²) in [6, 6.07) is 5.98. The number of hydrogen-bond acceptors (Lipinski definition) is 3. The maximum atomic E-state index is 8.97. The van der Waals surface area contributed by atoms with Crippen molar-refractivity contribution in [2.75, 3.05) is 26.4 Å². The number of aliphatic hydroxyl groups excluding tert-OH is 1. The topological polar surface area (TPSA) is 23.5 Å². The summed E-state index contributed by atoms with van der Waals surface area (Å²) in [5.41, 5.74) is 0.943. The van der Waals surface area contributed by atoms with Gasteiger partial charge < -0.3 is 10.0 Å². The van der Waals surface area contributed by atoms with Crippen molar-refractivity contribution in [1.29, 1.82) is 0 Å². The molecule has 0 atom stereocenters. The van der Waals surface area contributed by atoms with Crippen LogP contribution in [0.3, 0.4) is 0 Å². The summed E-state index contributed by atoms with van der Waals surface area (Å²) in [5.74, 6) is 1.07. The largest absolute Gasteiger partial charge is 0.392 e. The molecule has 0 aliphatic carbocycles. The number of benzene rings is 1. The summed E-state index contributed by atoms with van der Waals surface area (Å²) < 4.78 is 1.07. The van der Waals surface area contributed by atoms with Crippen molar-refractivity contribution in [3.8, 4) is 0 Å². The van der Waals surface area contributed by atoms with Crippen LogP contribution in [0.15, 0.2) is 27.6 Å². The molecule has 1 aromatic carbocycles. The van der Waals surface area contributed by atoms with Crippen LogP contribution in [-0.2, 0) is 6.61 Å². The van der Waals surface area contributed by atoms with Gasteiger partial charge in [-0.2, -0.15) is 0 Å². The van der Waals surface area contributed by atoms with Gasteiger partial charge >= 0.3 is 0 Å². The number of halogens is 1.